The number of aryl methyl sites for hydroxylation is 1. The minimum Gasteiger partial charge on any atom is -0.356 e. The first-order chi connectivity index (χ1) is 11.9. The molecule has 0 aromatic carbocycles. The molecular formula is C17H22F3N3O2. The van der Waals surface area contributed by atoms with E-state index in [2.05, 4.69) is 10.3 Å². The number of nitrogens with one attached hydrogen (secondary N) is 1. The minimum atomic E-state index is -4.84. The van der Waals surface area contributed by atoms with Crippen molar-refractivity contribution in [2.24, 2.45) is 5.92 Å². The van der Waals surface area contributed by atoms with Crippen LogP contribution in [0.3, 0.4) is 0 Å². The quantitative estimate of drug-likeness (QED) is 0.795. The van der Waals surface area contributed by atoms with E-state index < -0.39 is 12.1 Å². The second-order valence-electron chi connectivity index (χ2n) is 6.17. The lowest BCUT2D eigenvalue weighted by Crippen LogP contribution is -2.47. The third kappa shape index (κ3) is 6.03. The summed E-state index contributed by atoms with van der Waals surface area (Å²) in [7, 11) is 0. The van der Waals surface area contributed by atoms with E-state index in [4.69, 9.17) is 0 Å². The Kier molecular flexibility index (Phi) is 6.78. The molecular weight excluding hydrogens is 335 g/mol. The fourth-order valence-electron chi connectivity index (χ4n) is 2.88. The molecule has 1 aliphatic heterocycles. The highest BCUT2D eigenvalue weighted by Gasteiger charge is 2.43. The van der Waals surface area contributed by atoms with Gasteiger partial charge >= 0.3 is 12.1 Å². The van der Waals surface area contributed by atoms with E-state index in [9.17, 15) is 22.8 Å². The molecule has 2 heterocycles. The van der Waals surface area contributed by atoms with Crippen molar-refractivity contribution in [1.29, 1.82) is 0 Å². The molecule has 1 aliphatic rings. The van der Waals surface area contributed by atoms with Gasteiger partial charge in [-0.05, 0) is 43.7 Å². The first kappa shape index (κ1) is 19.2. The Bertz CT molecular complexity index is 570. The van der Waals surface area contributed by atoms with Crippen LogP contribution in [0.1, 0.15) is 31.2 Å². The number of unbranched alkanes of at least 4 members (excludes halogenated alkanes) is 1. The second-order valence-corrected chi connectivity index (χ2v) is 6.17. The van der Waals surface area contributed by atoms with Gasteiger partial charge in [-0.15, -0.1) is 0 Å². The maximum absolute atomic E-state index is 12.4. The highest BCUT2D eigenvalue weighted by atomic mass is 19.4. The molecule has 0 atom stereocenters. The molecule has 5 nitrogen and oxygen atoms in total. The number of likely N-dealkylation sites (tertiary alicyclic amines) is 1. The molecule has 1 aromatic rings. The third-order valence-corrected chi connectivity index (χ3v) is 4.31. The number of amides is 2. The molecule has 0 saturated carbocycles. The number of nitrogens with zero attached hydrogens (tertiary/aromatic N) is 2. The minimum absolute atomic E-state index is 0.0303. The smallest absolute Gasteiger partial charge is 0.356 e. The van der Waals surface area contributed by atoms with Gasteiger partial charge in [-0.1, -0.05) is 6.07 Å². The fraction of sp³-hybridized carbons (Fsp3) is 0.588. The average Bonchev–Trinajstić information content (AvgIpc) is 2.61. The number of piperidine rings is 1. The monoisotopic (exact) mass is 357 g/mol. The molecule has 138 valence electrons. The Balaban J connectivity index is 1.61. The molecule has 1 fully saturated rings. The highest BCUT2D eigenvalue weighted by molar-refractivity contribution is 5.83. The van der Waals surface area contributed by atoms with Crippen LogP contribution >= 0.6 is 0 Å². The Labute approximate surface area is 144 Å². The third-order valence-electron chi connectivity index (χ3n) is 4.31. The number of hydrogen-bond acceptors (Lipinski definition) is 3. The summed E-state index contributed by atoms with van der Waals surface area (Å²) in [6, 6.07) is 3.88. The number of pyridine rings is 1. The number of carbonyl (C=O) groups excluding carboxylic acids is 2. The zero-order chi connectivity index (χ0) is 18.3. The van der Waals surface area contributed by atoms with E-state index in [0.717, 1.165) is 29.7 Å². The van der Waals surface area contributed by atoms with Crippen molar-refractivity contribution in [2.75, 3.05) is 19.6 Å². The van der Waals surface area contributed by atoms with Gasteiger partial charge in [0.15, 0.2) is 0 Å². The van der Waals surface area contributed by atoms with Crippen molar-refractivity contribution in [3.8, 4) is 0 Å². The van der Waals surface area contributed by atoms with Crippen molar-refractivity contribution >= 4 is 11.8 Å². The van der Waals surface area contributed by atoms with Crippen molar-refractivity contribution in [3.63, 3.8) is 0 Å². The van der Waals surface area contributed by atoms with Crippen molar-refractivity contribution in [3.05, 3.63) is 30.1 Å². The number of carbonyl (C=O) groups is 2. The first-order valence-electron chi connectivity index (χ1n) is 8.40. The normalized spacial score (nSPS) is 15.9. The van der Waals surface area contributed by atoms with Gasteiger partial charge in [-0.3, -0.25) is 14.6 Å². The standard InChI is InChI=1S/C17H22F3N3O2/c18-17(19,20)16(25)23-10-6-14(7-11-23)15(24)22-9-2-1-4-13-5-3-8-21-12-13/h3,5,8,12,14H,1-2,4,6-7,9-11H2,(H,22,24). The van der Waals surface area contributed by atoms with E-state index in [0.29, 0.717) is 6.54 Å². The second kappa shape index (κ2) is 8.82. The summed E-state index contributed by atoms with van der Waals surface area (Å²) in [5, 5.41) is 2.83. The lowest BCUT2D eigenvalue weighted by molar-refractivity contribution is -0.186. The number of halogens is 3. The van der Waals surface area contributed by atoms with Crippen LogP contribution in [0.5, 0.6) is 0 Å². The van der Waals surface area contributed by atoms with Gasteiger partial charge in [0.2, 0.25) is 5.91 Å². The van der Waals surface area contributed by atoms with Gasteiger partial charge in [-0.25, -0.2) is 0 Å². The van der Waals surface area contributed by atoms with Crippen LogP contribution in [0.25, 0.3) is 0 Å². The van der Waals surface area contributed by atoms with E-state index in [1.165, 1.54) is 0 Å². The summed E-state index contributed by atoms with van der Waals surface area (Å²) < 4.78 is 37.1. The number of alkyl halides is 3. The number of rotatable bonds is 6. The predicted molar refractivity (Wildman–Crippen MR) is 85.5 cm³/mol. The van der Waals surface area contributed by atoms with Gasteiger partial charge in [0.1, 0.15) is 0 Å². The molecule has 0 bridgehead atoms. The van der Waals surface area contributed by atoms with Gasteiger partial charge in [0, 0.05) is 37.9 Å². The van der Waals surface area contributed by atoms with Gasteiger partial charge in [-0.2, -0.15) is 13.2 Å². The lowest BCUT2D eigenvalue weighted by Gasteiger charge is -2.31. The van der Waals surface area contributed by atoms with E-state index in [1.54, 1.807) is 6.20 Å². The van der Waals surface area contributed by atoms with E-state index >= 15 is 0 Å². The van der Waals surface area contributed by atoms with E-state index in [-0.39, 0.29) is 37.8 Å². The molecule has 8 heteroatoms. The van der Waals surface area contributed by atoms with Crippen molar-refractivity contribution in [2.45, 2.75) is 38.3 Å². The summed E-state index contributed by atoms with van der Waals surface area (Å²) in [6.45, 7) is 0.482. The lowest BCUT2D eigenvalue weighted by atomic mass is 9.95. The summed E-state index contributed by atoms with van der Waals surface area (Å²) >= 11 is 0. The van der Waals surface area contributed by atoms with Crippen LogP contribution in [0, 0.1) is 5.92 Å². The first-order valence-corrected chi connectivity index (χ1v) is 8.40. The zero-order valence-corrected chi connectivity index (χ0v) is 13.9. The Hall–Kier alpha value is -2.12. The number of aromatic nitrogens is 1. The molecule has 0 unspecified atom stereocenters. The largest absolute Gasteiger partial charge is 0.471 e. The van der Waals surface area contributed by atoms with Crippen LogP contribution in [0.4, 0.5) is 13.2 Å². The summed E-state index contributed by atoms with van der Waals surface area (Å²) in [5.41, 5.74) is 1.15. The average molecular weight is 357 g/mol. The van der Waals surface area contributed by atoms with E-state index in [1.807, 2.05) is 18.3 Å². The summed E-state index contributed by atoms with van der Waals surface area (Å²) in [4.78, 5) is 28.0. The maximum atomic E-state index is 12.4. The Morgan fingerprint density at radius 2 is 1.96 bits per heavy atom. The molecule has 25 heavy (non-hydrogen) atoms. The summed E-state index contributed by atoms with van der Waals surface area (Å²) in [5.74, 6) is -2.28. The van der Waals surface area contributed by atoms with Crippen LogP contribution in [-0.2, 0) is 16.0 Å². The van der Waals surface area contributed by atoms with Crippen LogP contribution in [-0.4, -0.2) is 47.5 Å². The van der Waals surface area contributed by atoms with Crippen LogP contribution < -0.4 is 5.32 Å². The maximum Gasteiger partial charge on any atom is 0.471 e. The molecule has 1 saturated heterocycles. The SMILES string of the molecule is O=C(NCCCCc1cccnc1)C1CCN(C(=O)C(F)(F)F)CC1. The predicted octanol–water partition coefficient (Wildman–Crippen LogP) is 2.32. The summed E-state index contributed by atoms with van der Waals surface area (Å²) in [6.07, 6.45) is 1.86. The Morgan fingerprint density at radius 1 is 1.24 bits per heavy atom. The molecule has 2 amide bonds. The molecule has 1 aromatic heterocycles. The molecule has 0 aliphatic carbocycles. The van der Waals surface area contributed by atoms with Crippen molar-refractivity contribution in [1.82, 2.24) is 15.2 Å². The fourth-order valence-corrected chi connectivity index (χ4v) is 2.88. The topological polar surface area (TPSA) is 62.3 Å². The van der Waals surface area contributed by atoms with Gasteiger partial charge in [0.25, 0.3) is 0 Å². The van der Waals surface area contributed by atoms with Crippen LogP contribution in [0.15, 0.2) is 24.5 Å². The van der Waals surface area contributed by atoms with Crippen molar-refractivity contribution < 1.29 is 22.8 Å². The highest BCUT2D eigenvalue weighted by Crippen LogP contribution is 2.23. The number of hydrogen-bond donors (Lipinski definition) is 1. The van der Waals surface area contributed by atoms with Gasteiger partial charge < -0.3 is 10.2 Å². The van der Waals surface area contributed by atoms with Gasteiger partial charge in [0.05, 0.1) is 0 Å². The molecule has 0 spiro atoms. The zero-order valence-electron chi connectivity index (χ0n) is 13.9. The molecule has 2 rings (SSSR count). The molecule has 0 radical (unpaired) electrons. The Morgan fingerprint density at radius 3 is 2.56 bits per heavy atom. The van der Waals surface area contributed by atoms with Crippen LogP contribution in [0.2, 0.25) is 0 Å². The molecule has 1 N–H and O–H groups in total.